The molecule has 0 amide bonds. The number of likely N-dealkylation sites (N-methyl/N-ethyl adjacent to an activating group) is 1. The summed E-state index contributed by atoms with van der Waals surface area (Å²) >= 11 is 0. The minimum Gasteiger partial charge on any atom is -0.373 e. The molecule has 0 aliphatic rings. The maximum absolute atomic E-state index is 13.3. The Morgan fingerprint density at radius 3 is 2.45 bits per heavy atom. The third kappa shape index (κ3) is 3.05. The molecule has 0 fully saturated rings. The lowest BCUT2D eigenvalue weighted by Crippen LogP contribution is -2.38. The van der Waals surface area contributed by atoms with Gasteiger partial charge in [-0.25, -0.2) is 4.39 Å². The highest BCUT2D eigenvalue weighted by Crippen LogP contribution is 2.25. The highest BCUT2D eigenvalue weighted by Gasteiger charge is 2.27. The molecule has 0 spiro atoms. The molecule has 0 heterocycles. The highest BCUT2D eigenvalue weighted by molar-refractivity contribution is 5.69. The zero-order chi connectivity index (χ0) is 14.6. The van der Waals surface area contributed by atoms with Crippen molar-refractivity contribution in [2.45, 2.75) is 12.3 Å². The van der Waals surface area contributed by atoms with E-state index < -0.39 is 5.41 Å². The van der Waals surface area contributed by atoms with Gasteiger partial charge >= 0.3 is 0 Å². The third-order valence-electron chi connectivity index (χ3n) is 3.51. The monoisotopic (exact) mass is 271 g/mol. The van der Waals surface area contributed by atoms with Crippen LogP contribution in [0.25, 0.3) is 0 Å². The summed E-state index contributed by atoms with van der Waals surface area (Å²) in [5.41, 5.74) is 1.09. The summed E-state index contributed by atoms with van der Waals surface area (Å²) in [6, 6.07) is 16.0. The van der Waals surface area contributed by atoms with E-state index in [0.717, 1.165) is 17.5 Å². The van der Waals surface area contributed by atoms with Gasteiger partial charge in [0.25, 0.3) is 0 Å². The quantitative estimate of drug-likeness (QED) is 0.777. The van der Waals surface area contributed by atoms with Gasteiger partial charge in [-0.05, 0) is 30.7 Å². The van der Waals surface area contributed by atoms with Crippen LogP contribution in [0.5, 0.6) is 0 Å². The molecule has 0 aliphatic carbocycles. The summed E-state index contributed by atoms with van der Waals surface area (Å²) in [6.45, 7) is 2.38. The lowest BCUT2D eigenvalue weighted by Gasteiger charge is -2.30. The molecule has 0 aromatic heterocycles. The van der Waals surface area contributed by atoms with E-state index in [1.54, 1.807) is 6.07 Å². The highest BCUT2D eigenvalue weighted by atomic mass is 19.1. The Morgan fingerprint density at radius 1 is 1.15 bits per heavy atom. The van der Waals surface area contributed by atoms with E-state index in [1.165, 1.54) is 12.1 Å². The topological polar surface area (TPSA) is 20.3 Å². The van der Waals surface area contributed by atoms with Crippen LogP contribution in [0.4, 0.5) is 10.1 Å². The zero-order valence-corrected chi connectivity index (χ0v) is 11.7. The van der Waals surface area contributed by atoms with Gasteiger partial charge in [0.2, 0.25) is 0 Å². The fourth-order valence-corrected chi connectivity index (χ4v) is 2.31. The van der Waals surface area contributed by atoms with Crippen molar-refractivity contribution < 1.29 is 9.18 Å². The molecule has 20 heavy (non-hydrogen) atoms. The van der Waals surface area contributed by atoms with Gasteiger partial charge in [0.15, 0.2) is 0 Å². The lowest BCUT2D eigenvalue weighted by molar-refractivity contribution is -0.111. The molecule has 0 saturated carbocycles. The Bertz CT molecular complexity index is 585. The summed E-state index contributed by atoms with van der Waals surface area (Å²) in [5.74, 6) is -0.276. The molecule has 0 aliphatic heterocycles. The van der Waals surface area contributed by atoms with Crippen molar-refractivity contribution in [1.29, 1.82) is 0 Å². The van der Waals surface area contributed by atoms with Gasteiger partial charge in [-0.2, -0.15) is 0 Å². The molecule has 2 nitrogen and oxygen atoms in total. The first-order chi connectivity index (χ1) is 9.55. The molecular weight excluding hydrogens is 253 g/mol. The number of nitrogens with zero attached hydrogens (tertiary/aromatic N) is 1. The molecule has 0 saturated heterocycles. The van der Waals surface area contributed by atoms with Crippen LogP contribution in [0.1, 0.15) is 12.5 Å². The normalized spacial score (nSPS) is 13.6. The van der Waals surface area contributed by atoms with Gasteiger partial charge in [0.1, 0.15) is 12.1 Å². The van der Waals surface area contributed by atoms with Crippen LogP contribution in [0.15, 0.2) is 54.6 Å². The van der Waals surface area contributed by atoms with Crippen molar-refractivity contribution in [3.05, 3.63) is 66.0 Å². The van der Waals surface area contributed by atoms with Crippen LogP contribution in [0.3, 0.4) is 0 Å². The molecule has 0 N–H and O–H groups in total. The predicted octanol–water partition coefficient (Wildman–Crippen LogP) is 3.42. The molecular formula is C17H18FNO. The summed E-state index contributed by atoms with van der Waals surface area (Å²) in [6.07, 6.45) is 0.956. The van der Waals surface area contributed by atoms with Gasteiger partial charge in [-0.3, -0.25) is 0 Å². The van der Waals surface area contributed by atoms with Crippen LogP contribution in [-0.2, 0) is 10.2 Å². The Kier molecular flexibility index (Phi) is 4.18. The van der Waals surface area contributed by atoms with E-state index in [0.29, 0.717) is 6.54 Å². The number of benzene rings is 2. The second kappa shape index (κ2) is 5.87. The molecule has 2 aromatic rings. The fraction of sp³-hybridized carbons (Fsp3) is 0.235. The second-order valence-electron chi connectivity index (χ2n) is 5.24. The first kappa shape index (κ1) is 14.3. The fourth-order valence-electron chi connectivity index (χ4n) is 2.31. The number of carbonyl (C=O) groups excluding carboxylic acids is 1. The van der Waals surface area contributed by atoms with Crippen molar-refractivity contribution in [2.24, 2.45) is 0 Å². The smallest absolute Gasteiger partial charge is 0.132 e. The predicted molar refractivity (Wildman–Crippen MR) is 79.5 cm³/mol. The van der Waals surface area contributed by atoms with E-state index in [-0.39, 0.29) is 5.82 Å². The van der Waals surface area contributed by atoms with Gasteiger partial charge < -0.3 is 9.69 Å². The van der Waals surface area contributed by atoms with Crippen LogP contribution in [0, 0.1) is 5.82 Å². The number of hydrogen-bond acceptors (Lipinski definition) is 2. The van der Waals surface area contributed by atoms with Crippen molar-refractivity contribution in [1.82, 2.24) is 0 Å². The molecule has 2 aromatic carbocycles. The van der Waals surface area contributed by atoms with Gasteiger partial charge in [-0.1, -0.05) is 36.4 Å². The van der Waals surface area contributed by atoms with E-state index >= 15 is 0 Å². The number of halogens is 1. The Balaban J connectivity index is 2.24. The average molecular weight is 271 g/mol. The maximum Gasteiger partial charge on any atom is 0.132 e. The molecule has 1 atom stereocenters. The van der Waals surface area contributed by atoms with Crippen LogP contribution in [0.2, 0.25) is 0 Å². The van der Waals surface area contributed by atoms with Gasteiger partial charge in [-0.15, -0.1) is 0 Å². The van der Waals surface area contributed by atoms with E-state index in [4.69, 9.17) is 0 Å². The van der Waals surface area contributed by atoms with Crippen molar-refractivity contribution in [2.75, 3.05) is 18.5 Å². The molecule has 3 heteroatoms. The van der Waals surface area contributed by atoms with Crippen LogP contribution >= 0.6 is 0 Å². The Labute approximate surface area is 118 Å². The summed E-state index contributed by atoms with van der Waals surface area (Å²) in [7, 11) is 1.86. The molecule has 0 bridgehead atoms. The Morgan fingerprint density at radius 2 is 1.85 bits per heavy atom. The molecule has 0 radical (unpaired) electrons. The molecule has 1 unspecified atom stereocenters. The molecule has 2 rings (SSSR count). The molecule has 104 valence electrons. The minimum absolute atomic E-state index is 0.276. The Hall–Kier alpha value is -2.16. The van der Waals surface area contributed by atoms with Gasteiger partial charge in [0.05, 0.1) is 5.41 Å². The first-order valence-corrected chi connectivity index (χ1v) is 6.54. The number of hydrogen-bond donors (Lipinski definition) is 0. The number of anilines is 1. The summed E-state index contributed by atoms with van der Waals surface area (Å²) in [5, 5.41) is 0. The van der Waals surface area contributed by atoms with Crippen molar-refractivity contribution in [3.63, 3.8) is 0 Å². The minimum atomic E-state index is -0.623. The lowest BCUT2D eigenvalue weighted by atomic mass is 9.83. The number of rotatable bonds is 5. The van der Waals surface area contributed by atoms with Gasteiger partial charge in [0, 0.05) is 19.3 Å². The maximum atomic E-state index is 13.3. The van der Waals surface area contributed by atoms with Crippen LogP contribution < -0.4 is 4.90 Å². The average Bonchev–Trinajstić information content (AvgIpc) is 2.48. The van der Waals surface area contributed by atoms with Crippen molar-refractivity contribution in [3.8, 4) is 0 Å². The van der Waals surface area contributed by atoms with Crippen LogP contribution in [-0.4, -0.2) is 19.9 Å². The SMILES string of the molecule is CN(CC(C)(C=O)c1ccccc1)c1cccc(F)c1. The van der Waals surface area contributed by atoms with E-state index in [9.17, 15) is 9.18 Å². The number of aldehydes is 1. The van der Waals surface area contributed by atoms with E-state index in [2.05, 4.69) is 0 Å². The third-order valence-corrected chi connectivity index (χ3v) is 3.51. The van der Waals surface area contributed by atoms with Crippen molar-refractivity contribution >= 4 is 12.0 Å². The number of carbonyl (C=O) groups is 1. The summed E-state index contributed by atoms with van der Waals surface area (Å²) in [4.78, 5) is 13.5. The largest absolute Gasteiger partial charge is 0.373 e. The zero-order valence-electron chi connectivity index (χ0n) is 11.7. The first-order valence-electron chi connectivity index (χ1n) is 6.54. The standard InChI is InChI=1S/C17H18FNO/c1-17(13-20,14-7-4-3-5-8-14)12-19(2)16-10-6-9-15(18)11-16/h3-11,13H,12H2,1-2H3. The summed E-state index contributed by atoms with van der Waals surface area (Å²) < 4.78 is 13.3. The second-order valence-corrected chi connectivity index (χ2v) is 5.24. The van der Waals surface area contributed by atoms with E-state index in [1.807, 2.05) is 55.3 Å².